The van der Waals surface area contributed by atoms with Crippen LogP contribution in [0.2, 0.25) is 0 Å². The highest BCUT2D eigenvalue weighted by atomic mass is 16.6. The van der Waals surface area contributed by atoms with Crippen molar-refractivity contribution in [1.82, 2.24) is 0 Å². The molecular weight excluding hydrogens is 246 g/mol. The predicted octanol–water partition coefficient (Wildman–Crippen LogP) is 1.67. The molecule has 6 heteroatoms. The number of hydrogen-bond acceptors (Lipinski definition) is 5. The van der Waals surface area contributed by atoms with Crippen molar-refractivity contribution in [2.45, 2.75) is 18.9 Å². The molecule has 1 aliphatic rings. The maximum absolute atomic E-state index is 11.0. The summed E-state index contributed by atoms with van der Waals surface area (Å²) < 4.78 is 0. The Labute approximate surface area is 111 Å². The average molecular weight is 261 g/mol. The molecule has 0 atom stereocenters. The van der Waals surface area contributed by atoms with E-state index >= 15 is 0 Å². The number of hydrogen-bond donors (Lipinski definition) is 1. The molecule has 1 N–H and O–H groups in total. The molecule has 1 aromatic carbocycles. The Morgan fingerprint density at radius 1 is 1.58 bits per heavy atom. The maximum Gasteiger partial charge on any atom is 0.292 e. The molecule has 0 amide bonds. The van der Waals surface area contributed by atoms with Gasteiger partial charge in [0.1, 0.15) is 5.69 Å². The van der Waals surface area contributed by atoms with E-state index in [0.29, 0.717) is 23.7 Å². The Hall–Kier alpha value is -2.13. The minimum Gasteiger partial charge on any atom is -0.393 e. The second kappa shape index (κ2) is 5.24. The van der Waals surface area contributed by atoms with Crippen LogP contribution in [0.15, 0.2) is 18.2 Å². The van der Waals surface area contributed by atoms with E-state index in [2.05, 4.69) is 0 Å². The van der Waals surface area contributed by atoms with Gasteiger partial charge in [0.15, 0.2) is 0 Å². The van der Waals surface area contributed by atoms with E-state index in [1.54, 1.807) is 11.9 Å². The molecule has 0 radical (unpaired) electrons. The van der Waals surface area contributed by atoms with Gasteiger partial charge in [-0.2, -0.15) is 5.26 Å². The van der Waals surface area contributed by atoms with Gasteiger partial charge in [0.2, 0.25) is 0 Å². The highest BCUT2D eigenvalue weighted by Gasteiger charge is 2.29. The largest absolute Gasteiger partial charge is 0.393 e. The summed E-state index contributed by atoms with van der Waals surface area (Å²) in [6.45, 7) is 0.646. The summed E-state index contributed by atoms with van der Waals surface area (Å²) in [7, 11) is 1.77. The third-order valence-corrected chi connectivity index (χ3v) is 3.46. The average Bonchev–Trinajstić information content (AvgIpc) is 2.35. The maximum atomic E-state index is 11.0. The molecule has 1 fully saturated rings. The molecule has 0 spiro atoms. The molecule has 2 rings (SSSR count). The Balaban J connectivity index is 2.21. The summed E-state index contributed by atoms with van der Waals surface area (Å²) in [6, 6.07) is 6.33. The zero-order chi connectivity index (χ0) is 14.0. The summed E-state index contributed by atoms with van der Waals surface area (Å²) in [5.41, 5.74) is 0.855. The van der Waals surface area contributed by atoms with Crippen molar-refractivity contribution >= 4 is 11.4 Å². The number of nitro benzene ring substituents is 1. The van der Waals surface area contributed by atoms with E-state index in [1.165, 1.54) is 18.2 Å². The fourth-order valence-electron chi connectivity index (χ4n) is 2.39. The van der Waals surface area contributed by atoms with E-state index in [9.17, 15) is 15.2 Å². The second-order valence-electron chi connectivity index (χ2n) is 4.94. The highest BCUT2D eigenvalue weighted by Crippen LogP contribution is 2.33. The van der Waals surface area contributed by atoms with Crippen LogP contribution in [0.1, 0.15) is 18.4 Å². The van der Waals surface area contributed by atoms with Crippen LogP contribution < -0.4 is 4.90 Å². The summed E-state index contributed by atoms with van der Waals surface area (Å²) in [5, 5.41) is 29.1. The second-order valence-corrected chi connectivity index (χ2v) is 4.94. The lowest BCUT2D eigenvalue weighted by Crippen LogP contribution is -2.37. The minimum absolute atomic E-state index is 0.00127. The van der Waals surface area contributed by atoms with Crippen LogP contribution in [-0.2, 0) is 0 Å². The molecule has 1 aromatic rings. The summed E-state index contributed by atoms with van der Waals surface area (Å²) in [4.78, 5) is 12.3. The van der Waals surface area contributed by atoms with Crippen LogP contribution in [0, 0.1) is 27.4 Å². The van der Waals surface area contributed by atoms with Crippen molar-refractivity contribution in [2.75, 3.05) is 18.5 Å². The fourth-order valence-corrected chi connectivity index (χ4v) is 2.39. The fraction of sp³-hybridized carbons (Fsp3) is 0.462. The third-order valence-electron chi connectivity index (χ3n) is 3.46. The van der Waals surface area contributed by atoms with E-state index in [1.807, 2.05) is 6.07 Å². The molecule has 0 aliphatic heterocycles. The Morgan fingerprint density at radius 3 is 2.79 bits per heavy atom. The lowest BCUT2D eigenvalue weighted by molar-refractivity contribution is -0.384. The van der Waals surface area contributed by atoms with Gasteiger partial charge in [-0.1, -0.05) is 0 Å². The van der Waals surface area contributed by atoms with Gasteiger partial charge in [-0.05, 0) is 30.9 Å². The molecule has 0 saturated heterocycles. The molecule has 1 saturated carbocycles. The van der Waals surface area contributed by atoms with Crippen molar-refractivity contribution in [3.05, 3.63) is 33.9 Å². The summed E-state index contributed by atoms with van der Waals surface area (Å²) in [5.74, 6) is 0.352. The number of rotatable bonds is 4. The zero-order valence-electron chi connectivity index (χ0n) is 10.6. The van der Waals surface area contributed by atoms with Gasteiger partial charge < -0.3 is 10.0 Å². The Kier molecular flexibility index (Phi) is 3.67. The Bertz CT molecular complexity index is 532. The van der Waals surface area contributed by atoms with Gasteiger partial charge in [-0.15, -0.1) is 0 Å². The van der Waals surface area contributed by atoms with Crippen LogP contribution in [-0.4, -0.2) is 29.7 Å². The van der Waals surface area contributed by atoms with Gasteiger partial charge in [0, 0.05) is 19.7 Å². The van der Waals surface area contributed by atoms with E-state index in [0.717, 1.165) is 12.8 Å². The van der Waals surface area contributed by atoms with E-state index in [-0.39, 0.29) is 11.8 Å². The van der Waals surface area contributed by atoms with Crippen molar-refractivity contribution in [3.63, 3.8) is 0 Å². The molecule has 0 unspecified atom stereocenters. The SMILES string of the molecule is CN(CC1CC(O)C1)c1cc(C#N)ccc1[N+](=O)[O-]. The standard InChI is InChI=1S/C13H15N3O3/c1-15(8-10-4-11(17)5-10)13-6-9(7-14)2-3-12(13)16(18)19/h2-3,6,10-11,17H,4-5,8H2,1H3. The number of aliphatic hydroxyl groups excluding tert-OH is 1. The van der Waals surface area contributed by atoms with Gasteiger partial charge in [-0.25, -0.2) is 0 Å². The van der Waals surface area contributed by atoms with Gasteiger partial charge in [0.05, 0.1) is 22.7 Å². The van der Waals surface area contributed by atoms with Gasteiger partial charge >= 0.3 is 0 Å². The predicted molar refractivity (Wildman–Crippen MR) is 69.8 cm³/mol. The Morgan fingerprint density at radius 2 is 2.26 bits per heavy atom. The lowest BCUT2D eigenvalue weighted by Gasteiger charge is -2.35. The molecule has 6 nitrogen and oxygen atoms in total. The van der Waals surface area contributed by atoms with Crippen LogP contribution in [0.25, 0.3) is 0 Å². The molecule has 100 valence electrons. The quantitative estimate of drug-likeness (QED) is 0.657. The molecule has 0 bridgehead atoms. The summed E-state index contributed by atoms with van der Waals surface area (Å²) >= 11 is 0. The van der Waals surface area contributed by atoms with Crippen LogP contribution >= 0.6 is 0 Å². The monoisotopic (exact) mass is 261 g/mol. The smallest absolute Gasteiger partial charge is 0.292 e. The third kappa shape index (κ3) is 2.83. The first-order valence-electron chi connectivity index (χ1n) is 6.09. The van der Waals surface area contributed by atoms with Crippen LogP contribution in [0.4, 0.5) is 11.4 Å². The highest BCUT2D eigenvalue weighted by molar-refractivity contribution is 5.65. The number of nitrogens with zero attached hydrogens (tertiary/aromatic N) is 3. The molecular formula is C13H15N3O3. The van der Waals surface area contributed by atoms with Crippen molar-refractivity contribution in [2.24, 2.45) is 5.92 Å². The molecule has 1 aliphatic carbocycles. The van der Waals surface area contributed by atoms with Crippen molar-refractivity contribution in [1.29, 1.82) is 5.26 Å². The number of benzene rings is 1. The number of anilines is 1. The number of aliphatic hydroxyl groups is 1. The van der Waals surface area contributed by atoms with Crippen molar-refractivity contribution < 1.29 is 10.0 Å². The molecule has 19 heavy (non-hydrogen) atoms. The van der Waals surface area contributed by atoms with Crippen LogP contribution in [0.5, 0.6) is 0 Å². The lowest BCUT2D eigenvalue weighted by atomic mass is 9.82. The van der Waals surface area contributed by atoms with E-state index in [4.69, 9.17) is 5.26 Å². The molecule has 0 heterocycles. The topological polar surface area (TPSA) is 90.4 Å². The first kappa shape index (κ1) is 13.3. The van der Waals surface area contributed by atoms with Crippen molar-refractivity contribution in [3.8, 4) is 6.07 Å². The zero-order valence-corrected chi connectivity index (χ0v) is 10.6. The van der Waals surface area contributed by atoms with Gasteiger partial charge in [0.25, 0.3) is 5.69 Å². The molecule has 0 aromatic heterocycles. The number of nitro groups is 1. The minimum atomic E-state index is -0.442. The van der Waals surface area contributed by atoms with Crippen LogP contribution in [0.3, 0.4) is 0 Å². The van der Waals surface area contributed by atoms with E-state index < -0.39 is 4.92 Å². The first-order valence-corrected chi connectivity index (χ1v) is 6.09. The summed E-state index contributed by atoms with van der Waals surface area (Å²) in [6.07, 6.45) is 1.23. The number of nitriles is 1. The first-order chi connectivity index (χ1) is 9.01. The van der Waals surface area contributed by atoms with Gasteiger partial charge in [-0.3, -0.25) is 10.1 Å². The normalized spacial score (nSPS) is 21.3.